The highest BCUT2D eigenvalue weighted by atomic mass is 19.1. The molecule has 2 aromatic carbocycles. The molecule has 2 fully saturated rings. The molecule has 7 heteroatoms. The molecule has 0 radical (unpaired) electrons. The molecule has 6 nitrogen and oxygen atoms in total. The van der Waals surface area contributed by atoms with Gasteiger partial charge in [0.2, 0.25) is 0 Å². The Balaban J connectivity index is 1.31. The van der Waals surface area contributed by atoms with E-state index in [0.717, 1.165) is 77.9 Å². The van der Waals surface area contributed by atoms with Crippen LogP contribution >= 0.6 is 0 Å². The van der Waals surface area contributed by atoms with Crippen LogP contribution in [0.25, 0.3) is 11.1 Å². The number of aryl methyl sites for hydroxylation is 2. The number of carboxylic acid groups (broad SMARTS) is 1. The third kappa shape index (κ3) is 5.50. The number of ether oxygens (including phenoxy) is 1. The Morgan fingerprint density at radius 1 is 1.12 bits per heavy atom. The summed E-state index contributed by atoms with van der Waals surface area (Å²) in [5, 5.41) is 19.8. The molecule has 0 amide bonds. The third-order valence-electron chi connectivity index (χ3n) is 8.90. The summed E-state index contributed by atoms with van der Waals surface area (Å²) in [7, 11) is 0. The van der Waals surface area contributed by atoms with Crippen LogP contribution in [0.2, 0.25) is 0 Å². The maximum Gasteiger partial charge on any atom is 0.306 e. The molecule has 0 bridgehead atoms. The van der Waals surface area contributed by atoms with Gasteiger partial charge < -0.3 is 14.9 Å². The number of nitrogens with zero attached hydrogens (tertiary/aromatic N) is 2. The molecule has 1 saturated heterocycles. The second-order valence-corrected chi connectivity index (χ2v) is 11.9. The first kappa shape index (κ1) is 26.9. The predicted molar refractivity (Wildman–Crippen MR) is 151 cm³/mol. The Morgan fingerprint density at radius 2 is 1.95 bits per heavy atom. The fourth-order valence-corrected chi connectivity index (χ4v) is 6.56. The zero-order valence-corrected chi connectivity index (χ0v) is 23.1. The maximum absolute atomic E-state index is 14.9. The number of aromatic nitrogens is 1. The minimum absolute atomic E-state index is 0.00723. The van der Waals surface area contributed by atoms with Crippen LogP contribution in [0.3, 0.4) is 0 Å². The first-order chi connectivity index (χ1) is 19.3. The smallest absolute Gasteiger partial charge is 0.306 e. The van der Waals surface area contributed by atoms with Crippen molar-refractivity contribution in [3.05, 3.63) is 82.4 Å². The summed E-state index contributed by atoms with van der Waals surface area (Å²) in [5.41, 5.74) is 6.36. The summed E-state index contributed by atoms with van der Waals surface area (Å²) >= 11 is 0. The zero-order chi connectivity index (χ0) is 28.0. The molecule has 1 aromatic heterocycles. The number of fused-ring (bicyclic) bond motifs is 1. The number of carbonyl (C=O) groups is 1. The normalized spacial score (nSPS) is 22.4. The van der Waals surface area contributed by atoms with E-state index in [1.165, 1.54) is 6.20 Å². The number of hydrogen-bond donors (Lipinski definition) is 2. The number of hydrogen-bond acceptors (Lipinski definition) is 5. The van der Waals surface area contributed by atoms with Crippen molar-refractivity contribution < 1.29 is 24.1 Å². The fraction of sp³-hybridized carbons (Fsp3) is 0.455. The van der Waals surface area contributed by atoms with Gasteiger partial charge >= 0.3 is 5.97 Å². The van der Waals surface area contributed by atoms with E-state index in [1.807, 2.05) is 26.0 Å². The number of aliphatic carboxylic acids is 1. The molecular formula is C33H37FN2O4. The van der Waals surface area contributed by atoms with Gasteiger partial charge in [0.25, 0.3) is 0 Å². The van der Waals surface area contributed by atoms with Crippen molar-refractivity contribution in [2.45, 2.75) is 70.6 Å². The number of halogens is 1. The van der Waals surface area contributed by atoms with E-state index < -0.39 is 11.9 Å². The highest BCUT2D eigenvalue weighted by molar-refractivity contribution is 5.71. The highest BCUT2D eigenvalue weighted by Crippen LogP contribution is 2.48. The lowest BCUT2D eigenvalue weighted by Crippen LogP contribution is -2.23. The number of carboxylic acids is 1. The number of β-amino-alcohol motifs (C(OH)–C–C–N with tert-alkyl or cyclic N) is 1. The summed E-state index contributed by atoms with van der Waals surface area (Å²) < 4.78 is 21.5. The highest BCUT2D eigenvalue weighted by Gasteiger charge is 2.39. The van der Waals surface area contributed by atoms with E-state index >= 15 is 0 Å². The van der Waals surface area contributed by atoms with Gasteiger partial charge in [-0.05, 0) is 90.8 Å². The largest absolute Gasteiger partial charge is 0.485 e. The van der Waals surface area contributed by atoms with Gasteiger partial charge in [-0.2, -0.15) is 0 Å². The molecular weight excluding hydrogens is 507 g/mol. The summed E-state index contributed by atoms with van der Waals surface area (Å²) in [5.74, 6) is -0.306. The minimum atomic E-state index is -0.757. The molecule has 2 N–H and O–H groups in total. The van der Waals surface area contributed by atoms with Crippen LogP contribution in [0.5, 0.6) is 5.75 Å². The number of aliphatic hydroxyl groups excluding tert-OH is 1. The zero-order valence-electron chi connectivity index (χ0n) is 23.1. The molecule has 2 aliphatic heterocycles. The van der Waals surface area contributed by atoms with E-state index in [1.54, 1.807) is 6.07 Å². The van der Waals surface area contributed by atoms with Crippen LogP contribution < -0.4 is 4.74 Å². The van der Waals surface area contributed by atoms with Crippen LogP contribution in [0, 0.1) is 24.6 Å². The quantitative estimate of drug-likeness (QED) is 0.360. The van der Waals surface area contributed by atoms with Crippen LogP contribution in [-0.2, 0) is 17.8 Å². The van der Waals surface area contributed by atoms with Gasteiger partial charge in [0.05, 0.1) is 18.2 Å². The monoisotopic (exact) mass is 544 g/mol. The lowest BCUT2D eigenvalue weighted by atomic mass is 9.82. The average Bonchev–Trinajstić information content (AvgIpc) is 3.69. The van der Waals surface area contributed by atoms with Crippen molar-refractivity contribution in [1.82, 2.24) is 9.88 Å². The minimum Gasteiger partial charge on any atom is -0.485 e. The van der Waals surface area contributed by atoms with Crippen LogP contribution in [0.1, 0.15) is 72.6 Å². The summed E-state index contributed by atoms with van der Waals surface area (Å²) in [6.45, 7) is 5.69. The predicted octanol–water partition coefficient (Wildman–Crippen LogP) is 6.04. The molecule has 0 spiro atoms. The lowest BCUT2D eigenvalue weighted by Gasteiger charge is -2.29. The maximum atomic E-state index is 14.9. The third-order valence-corrected chi connectivity index (χ3v) is 8.90. The van der Waals surface area contributed by atoms with Crippen molar-refractivity contribution >= 4 is 5.97 Å². The summed E-state index contributed by atoms with van der Waals surface area (Å²) in [4.78, 5) is 18.2. The number of aliphatic hydroxyl groups is 1. The number of likely N-dealkylation sites (tertiary alicyclic amines) is 1. The Kier molecular flexibility index (Phi) is 7.36. The van der Waals surface area contributed by atoms with Crippen molar-refractivity contribution in [2.75, 3.05) is 13.1 Å². The Labute approximate surface area is 234 Å². The number of pyridine rings is 1. The standard InChI is InChI=1S/C33H37FN2O4/c1-19-13-28(29(34)16-35-19)27-9-7-23(14-25(27)17-36-12-11-26(37)18-36)30-10-8-21-3-6-24(15-31(21)40-30)32(22-4-5-22)20(2)33(38)39/h3,6-7,9,13-16,20,22,26,30,32,37H,4-5,8,10-12,17-18H2,1-2H3,(H,38,39)/t20-,26-,30?,32-/m0/s1. The average molecular weight is 545 g/mol. The van der Waals surface area contributed by atoms with Crippen LogP contribution in [0.15, 0.2) is 48.7 Å². The molecule has 1 unspecified atom stereocenters. The van der Waals surface area contributed by atoms with Gasteiger partial charge in [-0.1, -0.05) is 37.3 Å². The summed E-state index contributed by atoms with van der Waals surface area (Å²) in [6.07, 6.45) is 5.38. The Hall–Kier alpha value is -3.29. The van der Waals surface area contributed by atoms with Crippen molar-refractivity contribution in [3.8, 4) is 16.9 Å². The van der Waals surface area contributed by atoms with Crippen molar-refractivity contribution in [3.63, 3.8) is 0 Å². The topological polar surface area (TPSA) is 82.9 Å². The lowest BCUT2D eigenvalue weighted by molar-refractivity contribution is -0.142. The summed E-state index contributed by atoms with van der Waals surface area (Å²) in [6, 6.07) is 14.2. The molecule has 3 aromatic rings. The molecule has 3 heterocycles. The van der Waals surface area contributed by atoms with Gasteiger partial charge in [-0.15, -0.1) is 0 Å². The number of rotatable bonds is 8. The van der Waals surface area contributed by atoms with E-state index in [4.69, 9.17) is 4.74 Å². The Morgan fingerprint density at radius 3 is 2.67 bits per heavy atom. The van der Waals surface area contributed by atoms with Gasteiger partial charge in [0.1, 0.15) is 17.7 Å². The van der Waals surface area contributed by atoms with Gasteiger partial charge in [-0.25, -0.2) is 4.39 Å². The first-order valence-corrected chi connectivity index (χ1v) is 14.4. The first-order valence-electron chi connectivity index (χ1n) is 14.4. The molecule has 40 heavy (non-hydrogen) atoms. The Bertz CT molecular complexity index is 1420. The van der Waals surface area contributed by atoms with E-state index in [0.29, 0.717) is 24.6 Å². The SMILES string of the molecule is Cc1cc(-c2ccc(C3CCc4ccc([C@H](C5CC5)[C@H](C)C(=O)O)cc4O3)cc2CN2CC[C@H](O)C2)c(F)cn1. The number of benzene rings is 2. The fourth-order valence-electron chi connectivity index (χ4n) is 6.56. The van der Waals surface area contributed by atoms with E-state index in [-0.39, 0.29) is 23.9 Å². The molecule has 3 aliphatic rings. The van der Waals surface area contributed by atoms with E-state index in [2.05, 4.69) is 34.1 Å². The van der Waals surface area contributed by atoms with Gasteiger partial charge in [0, 0.05) is 30.9 Å². The van der Waals surface area contributed by atoms with Gasteiger partial charge in [-0.3, -0.25) is 14.7 Å². The molecule has 1 aliphatic carbocycles. The van der Waals surface area contributed by atoms with Crippen molar-refractivity contribution in [2.24, 2.45) is 11.8 Å². The van der Waals surface area contributed by atoms with Gasteiger partial charge in [0.15, 0.2) is 0 Å². The molecule has 210 valence electrons. The van der Waals surface area contributed by atoms with Crippen LogP contribution in [-0.4, -0.2) is 45.3 Å². The second-order valence-electron chi connectivity index (χ2n) is 11.9. The van der Waals surface area contributed by atoms with Crippen molar-refractivity contribution in [1.29, 1.82) is 0 Å². The van der Waals surface area contributed by atoms with E-state index in [9.17, 15) is 19.4 Å². The molecule has 1 saturated carbocycles. The van der Waals surface area contributed by atoms with Crippen LogP contribution in [0.4, 0.5) is 4.39 Å². The molecule has 4 atom stereocenters. The second kappa shape index (κ2) is 10.9. The molecule has 6 rings (SSSR count).